The molecule has 0 amide bonds. The minimum Gasteiger partial charge on any atom is -0.491 e. The number of benzene rings is 2. The lowest BCUT2D eigenvalue weighted by Crippen LogP contribution is -2.04. The van der Waals surface area contributed by atoms with Crippen molar-refractivity contribution in [1.82, 2.24) is 4.98 Å². The molecule has 2 heterocycles. The van der Waals surface area contributed by atoms with Crippen molar-refractivity contribution < 1.29 is 14.2 Å². The molecule has 0 atom stereocenters. The molecule has 0 aliphatic carbocycles. The van der Waals surface area contributed by atoms with E-state index in [0.29, 0.717) is 0 Å². The third kappa shape index (κ3) is 3.90. The summed E-state index contributed by atoms with van der Waals surface area (Å²) in [5.74, 6) is 0.887. The zero-order valence-corrected chi connectivity index (χ0v) is 17.0. The summed E-state index contributed by atoms with van der Waals surface area (Å²) in [4.78, 5) is 5.82. The lowest BCUT2D eigenvalue weighted by atomic mass is 10.0. The Hall–Kier alpha value is -2.79. The first-order chi connectivity index (χ1) is 13.6. The van der Waals surface area contributed by atoms with Crippen LogP contribution in [0, 0.1) is 0 Å². The third-order valence-corrected chi connectivity index (χ3v) is 5.57. The van der Waals surface area contributed by atoms with Gasteiger partial charge in [-0.25, -0.2) is 4.98 Å². The fourth-order valence-electron chi connectivity index (χ4n) is 3.16. The van der Waals surface area contributed by atoms with Crippen molar-refractivity contribution in [3.05, 3.63) is 72.3 Å². The van der Waals surface area contributed by atoms with Gasteiger partial charge in [-0.2, -0.15) is 0 Å². The molecule has 4 nitrogen and oxygen atoms in total. The van der Waals surface area contributed by atoms with Crippen molar-refractivity contribution >= 4 is 11.3 Å². The zero-order chi connectivity index (χ0) is 19.5. The second-order valence-corrected chi connectivity index (χ2v) is 7.90. The largest absolute Gasteiger partial charge is 0.491 e. The SMILES string of the molecule is CCc1cc(C2OC=CO2)ccc1-c1ncc(-c2ccc(OC(C)C)cc2)s1. The Morgan fingerprint density at radius 3 is 2.50 bits per heavy atom. The van der Waals surface area contributed by atoms with Gasteiger partial charge in [-0.05, 0) is 61.7 Å². The van der Waals surface area contributed by atoms with Crippen molar-refractivity contribution in [2.24, 2.45) is 0 Å². The van der Waals surface area contributed by atoms with Gasteiger partial charge in [0, 0.05) is 17.3 Å². The highest BCUT2D eigenvalue weighted by atomic mass is 32.1. The molecule has 1 aromatic heterocycles. The van der Waals surface area contributed by atoms with Crippen molar-refractivity contribution in [2.75, 3.05) is 0 Å². The summed E-state index contributed by atoms with van der Waals surface area (Å²) in [6, 6.07) is 14.5. The molecule has 0 spiro atoms. The van der Waals surface area contributed by atoms with Gasteiger partial charge in [0.1, 0.15) is 23.3 Å². The molecular formula is C23H23NO3S. The summed E-state index contributed by atoms with van der Waals surface area (Å²) in [7, 11) is 0. The number of hydrogen-bond donors (Lipinski definition) is 0. The molecule has 0 N–H and O–H groups in total. The number of rotatable bonds is 6. The first-order valence-corrected chi connectivity index (χ1v) is 10.3. The minimum atomic E-state index is -0.349. The van der Waals surface area contributed by atoms with Gasteiger partial charge in [0.25, 0.3) is 6.29 Å². The molecule has 0 bridgehead atoms. The van der Waals surface area contributed by atoms with Crippen LogP contribution in [0.5, 0.6) is 5.75 Å². The van der Waals surface area contributed by atoms with Crippen LogP contribution in [0.15, 0.2) is 61.2 Å². The van der Waals surface area contributed by atoms with Crippen LogP contribution in [0.4, 0.5) is 0 Å². The van der Waals surface area contributed by atoms with E-state index in [1.165, 1.54) is 5.56 Å². The van der Waals surface area contributed by atoms with Crippen LogP contribution < -0.4 is 4.74 Å². The molecule has 0 saturated heterocycles. The van der Waals surface area contributed by atoms with Crippen LogP contribution in [0.2, 0.25) is 0 Å². The Balaban J connectivity index is 1.58. The van der Waals surface area contributed by atoms with E-state index in [1.54, 1.807) is 23.9 Å². The van der Waals surface area contributed by atoms with Crippen molar-refractivity contribution in [3.63, 3.8) is 0 Å². The molecule has 0 fully saturated rings. The second kappa shape index (κ2) is 8.07. The van der Waals surface area contributed by atoms with E-state index in [9.17, 15) is 0 Å². The van der Waals surface area contributed by atoms with Crippen molar-refractivity contribution in [2.45, 2.75) is 39.6 Å². The van der Waals surface area contributed by atoms with Gasteiger partial charge < -0.3 is 14.2 Å². The monoisotopic (exact) mass is 393 g/mol. The average Bonchev–Trinajstić information content (AvgIpc) is 3.40. The van der Waals surface area contributed by atoms with E-state index in [2.05, 4.69) is 36.2 Å². The number of thiazole rings is 1. The molecule has 3 aromatic rings. The van der Waals surface area contributed by atoms with Gasteiger partial charge in [0.05, 0.1) is 11.0 Å². The molecular weight excluding hydrogens is 370 g/mol. The third-order valence-electron chi connectivity index (χ3n) is 4.49. The maximum atomic E-state index is 5.73. The van der Waals surface area contributed by atoms with Crippen molar-refractivity contribution in [1.29, 1.82) is 0 Å². The first-order valence-electron chi connectivity index (χ1n) is 9.46. The van der Waals surface area contributed by atoms with E-state index in [0.717, 1.165) is 38.7 Å². The van der Waals surface area contributed by atoms with Crippen LogP contribution in [-0.2, 0) is 15.9 Å². The van der Waals surface area contributed by atoms with Gasteiger partial charge >= 0.3 is 0 Å². The molecule has 2 aromatic carbocycles. The predicted octanol–water partition coefficient (Wildman–Crippen LogP) is 6.34. The Bertz CT molecular complexity index is 968. The molecule has 144 valence electrons. The van der Waals surface area contributed by atoms with Crippen LogP contribution in [0.25, 0.3) is 21.0 Å². The first kappa shape index (κ1) is 18.6. The Morgan fingerprint density at radius 2 is 1.82 bits per heavy atom. The normalized spacial score (nSPS) is 13.6. The number of aryl methyl sites for hydroxylation is 1. The van der Waals surface area contributed by atoms with E-state index in [1.807, 2.05) is 38.2 Å². The molecule has 0 saturated carbocycles. The van der Waals surface area contributed by atoms with Gasteiger partial charge in [-0.3, -0.25) is 0 Å². The minimum absolute atomic E-state index is 0.173. The quantitative estimate of drug-likeness (QED) is 0.490. The van der Waals surface area contributed by atoms with Crippen LogP contribution in [-0.4, -0.2) is 11.1 Å². The molecule has 1 aliphatic heterocycles. The van der Waals surface area contributed by atoms with Gasteiger partial charge in [-0.1, -0.05) is 19.1 Å². The number of hydrogen-bond acceptors (Lipinski definition) is 5. The average molecular weight is 394 g/mol. The highest BCUT2D eigenvalue weighted by Crippen LogP contribution is 2.36. The zero-order valence-electron chi connectivity index (χ0n) is 16.2. The maximum absolute atomic E-state index is 5.73. The fraction of sp³-hybridized carbons (Fsp3) is 0.261. The topological polar surface area (TPSA) is 40.6 Å². The smallest absolute Gasteiger partial charge is 0.266 e. The summed E-state index contributed by atoms with van der Waals surface area (Å²) in [5, 5.41) is 1.02. The highest BCUT2D eigenvalue weighted by molar-refractivity contribution is 7.18. The van der Waals surface area contributed by atoms with E-state index in [4.69, 9.17) is 14.2 Å². The number of nitrogens with zero attached hydrogens (tertiary/aromatic N) is 1. The standard InChI is InChI=1S/C23H23NO3S/c1-4-16-13-18(23-25-11-12-26-23)7-10-20(16)22-24-14-21(28-22)17-5-8-19(9-6-17)27-15(2)3/h5-15,23H,4H2,1-3H3. The Labute approximate surface area is 169 Å². The molecule has 4 rings (SSSR count). The molecule has 1 aliphatic rings. The molecule has 0 unspecified atom stereocenters. The van der Waals surface area contributed by atoms with Crippen LogP contribution in [0.1, 0.15) is 38.2 Å². The van der Waals surface area contributed by atoms with Gasteiger partial charge in [-0.15, -0.1) is 11.3 Å². The molecule has 0 radical (unpaired) electrons. The van der Waals surface area contributed by atoms with Crippen LogP contribution in [0.3, 0.4) is 0 Å². The summed E-state index contributed by atoms with van der Waals surface area (Å²) in [5.41, 5.74) is 4.56. The predicted molar refractivity (Wildman–Crippen MR) is 112 cm³/mol. The number of aromatic nitrogens is 1. The summed E-state index contributed by atoms with van der Waals surface area (Å²) in [6.45, 7) is 6.21. The Morgan fingerprint density at radius 1 is 1.07 bits per heavy atom. The molecule has 28 heavy (non-hydrogen) atoms. The van der Waals surface area contributed by atoms with Gasteiger partial charge in [0.2, 0.25) is 0 Å². The Kier molecular flexibility index (Phi) is 5.35. The second-order valence-electron chi connectivity index (χ2n) is 6.87. The van der Waals surface area contributed by atoms with E-state index < -0.39 is 0 Å². The van der Waals surface area contributed by atoms with Crippen molar-refractivity contribution in [3.8, 4) is 26.8 Å². The maximum Gasteiger partial charge on any atom is 0.266 e. The highest BCUT2D eigenvalue weighted by Gasteiger charge is 2.18. The number of ether oxygens (including phenoxy) is 3. The van der Waals surface area contributed by atoms with Gasteiger partial charge in [0.15, 0.2) is 0 Å². The van der Waals surface area contributed by atoms with Crippen LogP contribution >= 0.6 is 11.3 Å². The molecule has 5 heteroatoms. The lowest BCUT2D eigenvalue weighted by Gasteiger charge is -2.13. The fourth-order valence-corrected chi connectivity index (χ4v) is 4.14. The van der Waals surface area contributed by atoms with E-state index >= 15 is 0 Å². The summed E-state index contributed by atoms with van der Waals surface area (Å²) < 4.78 is 16.6. The lowest BCUT2D eigenvalue weighted by molar-refractivity contribution is -0.0246. The summed E-state index contributed by atoms with van der Waals surface area (Å²) >= 11 is 1.70. The van der Waals surface area contributed by atoms with E-state index in [-0.39, 0.29) is 12.4 Å². The summed E-state index contributed by atoms with van der Waals surface area (Å²) in [6.07, 6.45) is 5.84.